The SMILES string of the molecule is CC(C)(C(=O)Nc1ncc(Br)s1)c1ccccc1. The fourth-order valence-electron chi connectivity index (χ4n) is 1.55. The minimum Gasteiger partial charge on any atom is -0.301 e. The molecule has 18 heavy (non-hydrogen) atoms. The number of thiazole rings is 1. The van der Waals surface area contributed by atoms with Gasteiger partial charge in [-0.3, -0.25) is 4.79 Å². The van der Waals surface area contributed by atoms with Crippen LogP contribution in [0.4, 0.5) is 5.13 Å². The number of halogens is 1. The van der Waals surface area contributed by atoms with Gasteiger partial charge in [0, 0.05) is 0 Å². The molecule has 0 aliphatic rings. The molecule has 0 spiro atoms. The Balaban J connectivity index is 2.18. The Labute approximate surface area is 118 Å². The van der Waals surface area contributed by atoms with Gasteiger partial charge in [-0.2, -0.15) is 0 Å². The van der Waals surface area contributed by atoms with Crippen molar-refractivity contribution in [3.05, 3.63) is 45.9 Å². The molecule has 0 radical (unpaired) electrons. The van der Waals surface area contributed by atoms with Gasteiger partial charge in [-0.25, -0.2) is 4.98 Å². The molecule has 0 atom stereocenters. The summed E-state index contributed by atoms with van der Waals surface area (Å²) in [7, 11) is 0. The van der Waals surface area contributed by atoms with E-state index in [0.29, 0.717) is 5.13 Å². The van der Waals surface area contributed by atoms with Crippen molar-refractivity contribution in [2.24, 2.45) is 0 Å². The van der Waals surface area contributed by atoms with Crippen LogP contribution in [0.25, 0.3) is 0 Å². The molecule has 2 aromatic rings. The van der Waals surface area contributed by atoms with Gasteiger partial charge in [0.2, 0.25) is 5.91 Å². The molecule has 1 amide bonds. The standard InChI is InChI=1S/C13H13BrN2OS/c1-13(2,9-6-4-3-5-7-9)11(17)16-12-15-8-10(14)18-12/h3-8H,1-2H3,(H,15,16,17). The molecule has 1 aromatic heterocycles. The van der Waals surface area contributed by atoms with Gasteiger partial charge < -0.3 is 5.32 Å². The van der Waals surface area contributed by atoms with E-state index in [1.54, 1.807) is 6.20 Å². The zero-order valence-corrected chi connectivity index (χ0v) is 12.5. The Morgan fingerprint density at radius 3 is 2.56 bits per heavy atom. The third kappa shape index (κ3) is 2.79. The van der Waals surface area contributed by atoms with Crippen LogP contribution in [0.5, 0.6) is 0 Å². The van der Waals surface area contributed by atoms with Gasteiger partial charge in [0.15, 0.2) is 5.13 Å². The monoisotopic (exact) mass is 324 g/mol. The molecule has 0 fully saturated rings. The van der Waals surface area contributed by atoms with Crippen molar-refractivity contribution in [1.82, 2.24) is 4.98 Å². The largest absolute Gasteiger partial charge is 0.301 e. The zero-order chi connectivity index (χ0) is 13.2. The molecule has 0 saturated carbocycles. The highest BCUT2D eigenvalue weighted by molar-refractivity contribution is 9.11. The number of hydrogen-bond acceptors (Lipinski definition) is 3. The first-order chi connectivity index (χ1) is 8.50. The number of carbonyl (C=O) groups excluding carboxylic acids is 1. The summed E-state index contributed by atoms with van der Waals surface area (Å²) >= 11 is 4.72. The molecule has 2 rings (SSSR count). The van der Waals surface area contributed by atoms with Crippen molar-refractivity contribution in [2.45, 2.75) is 19.3 Å². The van der Waals surface area contributed by atoms with Crippen LogP contribution in [0, 0.1) is 0 Å². The lowest BCUT2D eigenvalue weighted by Crippen LogP contribution is -2.34. The van der Waals surface area contributed by atoms with E-state index in [0.717, 1.165) is 9.35 Å². The minimum absolute atomic E-state index is 0.0597. The van der Waals surface area contributed by atoms with E-state index in [1.807, 2.05) is 44.2 Å². The molecular weight excluding hydrogens is 312 g/mol. The molecule has 0 aliphatic carbocycles. The third-order valence-corrected chi connectivity index (χ3v) is 4.15. The third-order valence-electron chi connectivity index (χ3n) is 2.76. The van der Waals surface area contributed by atoms with Crippen molar-refractivity contribution >= 4 is 38.3 Å². The summed E-state index contributed by atoms with van der Waals surface area (Å²) in [5.74, 6) is -0.0597. The molecule has 5 heteroatoms. The molecule has 0 bridgehead atoms. The van der Waals surface area contributed by atoms with Gasteiger partial charge in [-0.15, -0.1) is 0 Å². The zero-order valence-electron chi connectivity index (χ0n) is 10.1. The van der Waals surface area contributed by atoms with E-state index in [2.05, 4.69) is 26.2 Å². The summed E-state index contributed by atoms with van der Waals surface area (Å²) in [6, 6.07) is 9.72. The Hall–Kier alpha value is -1.20. The maximum Gasteiger partial charge on any atom is 0.236 e. The normalized spacial score (nSPS) is 11.3. The first-order valence-corrected chi connectivity index (χ1v) is 7.09. The minimum atomic E-state index is -0.584. The predicted octanol–water partition coefficient (Wildman–Crippen LogP) is 3.82. The van der Waals surface area contributed by atoms with Crippen LogP contribution >= 0.6 is 27.3 Å². The van der Waals surface area contributed by atoms with Crippen molar-refractivity contribution in [3.8, 4) is 0 Å². The number of nitrogens with zero attached hydrogens (tertiary/aromatic N) is 1. The molecule has 1 N–H and O–H groups in total. The van der Waals surface area contributed by atoms with E-state index >= 15 is 0 Å². The fourth-order valence-corrected chi connectivity index (χ4v) is 2.65. The number of anilines is 1. The topological polar surface area (TPSA) is 42.0 Å². The molecule has 1 aromatic carbocycles. The van der Waals surface area contributed by atoms with Crippen molar-refractivity contribution in [1.29, 1.82) is 0 Å². The summed E-state index contributed by atoms with van der Waals surface area (Å²) in [5.41, 5.74) is 0.400. The first kappa shape index (κ1) is 13.2. The summed E-state index contributed by atoms with van der Waals surface area (Å²) in [6.45, 7) is 3.81. The highest BCUT2D eigenvalue weighted by atomic mass is 79.9. The van der Waals surface area contributed by atoms with Crippen LogP contribution in [0.15, 0.2) is 40.3 Å². The van der Waals surface area contributed by atoms with E-state index in [-0.39, 0.29) is 5.91 Å². The van der Waals surface area contributed by atoms with Crippen LogP contribution in [0.1, 0.15) is 19.4 Å². The first-order valence-electron chi connectivity index (χ1n) is 5.48. The molecule has 0 saturated heterocycles. The maximum atomic E-state index is 12.3. The van der Waals surface area contributed by atoms with Crippen LogP contribution in [0.3, 0.4) is 0 Å². The molecule has 0 unspecified atom stereocenters. The summed E-state index contributed by atoms with van der Waals surface area (Å²) in [5, 5.41) is 3.45. The summed E-state index contributed by atoms with van der Waals surface area (Å²) < 4.78 is 0.898. The van der Waals surface area contributed by atoms with Gasteiger partial charge in [0.1, 0.15) is 0 Å². The lowest BCUT2D eigenvalue weighted by Gasteiger charge is -2.23. The number of benzene rings is 1. The number of amides is 1. The second-order valence-corrected chi connectivity index (χ2v) is 6.82. The molecule has 0 aliphatic heterocycles. The highest BCUT2D eigenvalue weighted by Crippen LogP contribution is 2.27. The van der Waals surface area contributed by atoms with Gasteiger partial charge in [0.25, 0.3) is 0 Å². The smallest absolute Gasteiger partial charge is 0.236 e. The van der Waals surface area contributed by atoms with E-state index in [4.69, 9.17) is 0 Å². The average molecular weight is 325 g/mol. The second kappa shape index (κ2) is 5.20. The van der Waals surface area contributed by atoms with Crippen molar-refractivity contribution < 1.29 is 4.79 Å². The molecule has 3 nitrogen and oxygen atoms in total. The number of rotatable bonds is 3. The van der Waals surface area contributed by atoms with Gasteiger partial charge >= 0.3 is 0 Å². The van der Waals surface area contributed by atoms with Gasteiger partial charge in [0.05, 0.1) is 15.4 Å². The number of nitrogens with one attached hydrogen (secondary N) is 1. The number of aromatic nitrogens is 1. The lowest BCUT2D eigenvalue weighted by atomic mass is 9.84. The summed E-state index contributed by atoms with van der Waals surface area (Å²) in [4.78, 5) is 16.4. The summed E-state index contributed by atoms with van der Waals surface area (Å²) in [6.07, 6.45) is 1.68. The van der Waals surface area contributed by atoms with Crippen molar-refractivity contribution in [3.63, 3.8) is 0 Å². The Morgan fingerprint density at radius 1 is 1.33 bits per heavy atom. The number of carbonyl (C=O) groups is 1. The van der Waals surface area contributed by atoms with Crippen LogP contribution in [0.2, 0.25) is 0 Å². The van der Waals surface area contributed by atoms with Crippen molar-refractivity contribution in [2.75, 3.05) is 5.32 Å². The predicted molar refractivity (Wildman–Crippen MR) is 77.9 cm³/mol. The van der Waals surface area contributed by atoms with E-state index in [9.17, 15) is 4.79 Å². The van der Waals surface area contributed by atoms with Crippen LogP contribution < -0.4 is 5.32 Å². The quantitative estimate of drug-likeness (QED) is 0.932. The Kier molecular flexibility index (Phi) is 3.82. The Morgan fingerprint density at radius 2 is 2.00 bits per heavy atom. The van der Waals surface area contributed by atoms with E-state index < -0.39 is 5.41 Å². The second-order valence-electron chi connectivity index (χ2n) is 4.41. The molecular formula is C13H13BrN2OS. The lowest BCUT2D eigenvalue weighted by molar-refractivity contribution is -0.120. The van der Waals surface area contributed by atoms with Gasteiger partial charge in [-0.05, 0) is 35.3 Å². The maximum absolute atomic E-state index is 12.3. The highest BCUT2D eigenvalue weighted by Gasteiger charge is 2.30. The number of hydrogen-bond donors (Lipinski definition) is 1. The fraction of sp³-hybridized carbons (Fsp3) is 0.231. The van der Waals surface area contributed by atoms with Gasteiger partial charge in [-0.1, -0.05) is 41.7 Å². The molecule has 1 heterocycles. The van der Waals surface area contributed by atoms with Crippen LogP contribution in [-0.4, -0.2) is 10.9 Å². The van der Waals surface area contributed by atoms with E-state index in [1.165, 1.54) is 11.3 Å². The Bertz CT molecular complexity index is 551. The average Bonchev–Trinajstić information content (AvgIpc) is 2.76. The molecule has 94 valence electrons. The van der Waals surface area contributed by atoms with Crippen LogP contribution in [-0.2, 0) is 10.2 Å².